The van der Waals surface area contributed by atoms with E-state index in [1.807, 2.05) is 18.2 Å². The number of para-hydroxylation sites is 1. The molecule has 22 heavy (non-hydrogen) atoms. The van der Waals surface area contributed by atoms with Gasteiger partial charge in [-0.05, 0) is 18.2 Å². The first-order valence-electron chi connectivity index (χ1n) is 6.46. The molecule has 3 aromatic rings. The zero-order chi connectivity index (χ0) is 15.7. The van der Waals surface area contributed by atoms with E-state index in [0.29, 0.717) is 16.3 Å². The molecule has 0 aliphatic carbocycles. The number of aromatic nitrogens is 1. The molecular weight excluding hydrogens is 306 g/mol. The molecule has 1 aromatic carbocycles. The Hall–Kier alpha value is -2.73. The number of rotatable bonds is 2. The molecule has 0 saturated heterocycles. The summed E-state index contributed by atoms with van der Waals surface area (Å²) in [5.74, 6) is -0.893. The van der Waals surface area contributed by atoms with E-state index in [4.69, 9.17) is 16.0 Å². The summed E-state index contributed by atoms with van der Waals surface area (Å²) in [5.41, 5.74) is 5.56. The molecule has 0 fully saturated rings. The summed E-state index contributed by atoms with van der Waals surface area (Å²) in [5, 5.41) is 1.25. The van der Waals surface area contributed by atoms with E-state index in [0.717, 1.165) is 5.39 Å². The summed E-state index contributed by atoms with van der Waals surface area (Å²) in [7, 11) is 1.68. The normalized spacial score (nSPS) is 10.6. The van der Waals surface area contributed by atoms with Crippen molar-refractivity contribution in [3.05, 3.63) is 59.1 Å². The van der Waals surface area contributed by atoms with Gasteiger partial charge in [-0.2, -0.15) is 0 Å². The maximum absolute atomic E-state index is 12.0. The highest BCUT2D eigenvalue weighted by Crippen LogP contribution is 2.18. The van der Waals surface area contributed by atoms with Gasteiger partial charge in [-0.15, -0.1) is 0 Å². The van der Waals surface area contributed by atoms with Crippen molar-refractivity contribution in [1.82, 2.24) is 15.4 Å². The highest BCUT2D eigenvalue weighted by atomic mass is 35.5. The third-order valence-corrected chi connectivity index (χ3v) is 3.35. The van der Waals surface area contributed by atoms with E-state index < -0.39 is 11.8 Å². The van der Waals surface area contributed by atoms with E-state index >= 15 is 0 Å². The van der Waals surface area contributed by atoms with Crippen molar-refractivity contribution in [2.75, 3.05) is 0 Å². The number of halogens is 1. The molecule has 7 heteroatoms. The molecule has 2 amide bonds. The third kappa shape index (κ3) is 2.68. The molecule has 0 spiro atoms. The standard InChI is InChI=1S/C15H12ClN3O3/c1-19-8-10(16)7-11(19)14(20)17-18-15(21)13-6-9-4-2-3-5-12(9)22-13/h2-8H,1H3,(H,17,20)(H,18,21). The molecule has 0 aliphatic heterocycles. The van der Waals surface area contributed by atoms with Crippen LogP contribution < -0.4 is 10.9 Å². The Kier molecular flexibility index (Phi) is 3.60. The highest BCUT2D eigenvalue weighted by molar-refractivity contribution is 6.31. The number of aryl methyl sites for hydroxylation is 1. The fraction of sp³-hybridized carbons (Fsp3) is 0.0667. The summed E-state index contributed by atoms with van der Waals surface area (Å²) in [6.45, 7) is 0. The van der Waals surface area contributed by atoms with Crippen LogP contribution in [0.3, 0.4) is 0 Å². The van der Waals surface area contributed by atoms with Crippen molar-refractivity contribution in [2.24, 2.45) is 7.05 Å². The number of fused-ring (bicyclic) bond motifs is 1. The summed E-state index contributed by atoms with van der Waals surface area (Å²) in [6, 6.07) is 10.4. The van der Waals surface area contributed by atoms with E-state index in [1.54, 1.807) is 29.9 Å². The molecule has 0 saturated carbocycles. The predicted octanol–water partition coefficient (Wildman–Crippen LogP) is 2.50. The van der Waals surface area contributed by atoms with Gasteiger partial charge in [0.15, 0.2) is 5.76 Å². The number of benzene rings is 1. The maximum Gasteiger partial charge on any atom is 0.305 e. The Bertz CT molecular complexity index is 833. The molecule has 3 rings (SSSR count). The minimum Gasteiger partial charge on any atom is -0.451 e. The van der Waals surface area contributed by atoms with Gasteiger partial charge in [0.25, 0.3) is 5.91 Å². The number of carbonyl (C=O) groups excluding carboxylic acids is 2. The lowest BCUT2D eigenvalue weighted by Crippen LogP contribution is -2.42. The molecule has 0 aliphatic rings. The number of furan rings is 1. The van der Waals surface area contributed by atoms with Gasteiger partial charge >= 0.3 is 5.91 Å². The van der Waals surface area contributed by atoms with Crippen LogP contribution in [-0.4, -0.2) is 16.4 Å². The van der Waals surface area contributed by atoms with E-state index in [9.17, 15) is 9.59 Å². The zero-order valence-electron chi connectivity index (χ0n) is 11.6. The van der Waals surface area contributed by atoms with E-state index in [2.05, 4.69) is 10.9 Å². The van der Waals surface area contributed by atoms with Crippen LogP contribution in [0, 0.1) is 0 Å². The van der Waals surface area contributed by atoms with E-state index in [-0.39, 0.29) is 5.76 Å². The van der Waals surface area contributed by atoms with Crippen molar-refractivity contribution >= 4 is 34.4 Å². The second kappa shape index (κ2) is 5.57. The molecule has 2 heterocycles. The zero-order valence-corrected chi connectivity index (χ0v) is 12.3. The van der Waals surface area contributed by atoms with Crippen molar-refractivity contribution in [2.45, 2.75) is 0 Å². The van der Waals surface area contributed by atoms with Gasteiger partial charge in [0.1, 0.15) is 11.3 Å². The van der Waals surface area contributed by atoms with Gasteiger partial charge in [0, 0.05) is 18.6 Å². The number of hydrogen-bond donors (Lipinski definition) is 2. The molecular formula is C15H12ClN3O3. The number of hydrazine groups is 1. The average Bonchev–Trinajstić information content (AvgIpc) is 3.07. The van der Waals surface area contributed by atoms with Gasteiger partial charge in [0.05, 0.1) is 5.02 Å². The van der Waals surface area contributed by atoms with Crippen LogP contribution >= 0.6 is 11.6 Å². The largest absolute Gasteiger partial charge is 0.451 e. The number of amides is 2. The first-order chi connectivity index (χ1) is 10.5. The Morgan fingerprint density at radius 2 is 1.86 bits per heavy atom. The first kappa shape index (κ1) is 14.2. The van der Waals surface area contributed by atoms with Gasteiger partial charge in [-0.25, -0.2) is 0 Å². The topological polar surface area (TPSA) is 76.3 Å². The maximum atomic E-state index is 12.0. The Balaban J connectivity index is 1.69. The molecule has 0 unspecified atom stereocenters. The monoisotopic (exact) mass is 317 g/mol. The van der Waals surface area contributed by atoms with Crippen LogP contribution in [0.2, 0.25) is 5.02 Å². The smallest absolute Gasteiger partial charge is 0.305 e. The second-order valence-electron chi connectivity index (χ2n) is 4.71. The first-order valence-corrected chi connectivity index (χ1v) is 6.83. The lowest BCUT2D eigenvalue weighted by Gasteiger charge is -2.06. The average molecular weight is 318 g/mol. The van der Waals surface area contributed by atoms with Gasteiger partial charge in [0.2, 0.25) is 0 Å². The lowest BCUT2D eigenvalue weighted by atomic mass is 10.2. The molecule has 2 aromatic heterocycles. The van der Waals surface area contributed by atoms with Crippen LogP contribution in [0.4, 0.5) is 0 Å². The van der Waals surface area contributed by atoms with E-state index in [1.165, 1.54) is 6.07 Å². The van der Waals surface area contributed by atoms with Crippen molar-refractivity contribution in [3.63, 3.8) is 0 Å². The third-order valence-electron chi connectivity index (χ3n) is 3.14. The van der Waals surface area contributed by atoms with Gasteiger partial charge in [-0.3, -0.25) is 20.4 Å². The minimum atomic E-state index is -0.537. The fourth-order valence-corrected chi connectivity index (χ4v) is 2.33. The molecule has 112 valence electrons. The van der Waals surface area contributed by atoms with Gasteiger partial charge < -0.3 is 8.98 Å². The van der Waals surface area contributed by atoms with Crippen LogP contribution in [0.25, 0.3) is 11.0 Å². The Morgan fingerprint density at radius 1 is 1.14 bits per heavy atom. The van der Waals surface area contributed by atoms with Crippen LogP contribution in [0.5, 0.6) is 0 Å². The lowest BCUT2D eigenvalue weighted by molar-refractivity contribution is 0.0828. The highest BCUT2D eigenvalue weighted by Gasteiger charge is 2.15. The number of nitrogens with one attached hydrogen (secondary N) is 2. The molecule has 2 N–H and O–H groups in total. The van der Waals surface area contributed by atoms with Crippen molar-refractivity contribution in [3.8, 4) is 0 Å². The predicted molar refractivity (Wildman–Crippen MR) is 81.6 cm³/mol. The SMILES string of the molecule is Cn1cc(Cl)cc1C(=O)NNC(=O)c1cc2ccccc2o1. The molecule has 0 radical (unpaired) electrons. The van der Waals surface area contributed by atoms with Gasteiger partial charge in [-0.1, -0.05) is 29.8 Å². The van der Waals surface area contributed by atoms with Crippen LogP contribution in [0.15, 0.2) is 47.0 Å². The molecule has 6 nitrogen and oxygen atoms in total. The summed E-state index contributed by atoms with van der Waals surface area (Å²) < 4.78 is 6.97. The fourth-order valence-electron chi connectivity index (χ4n) is 2.08. The summed E-state index contributed by atoms with van der Waals surface area (Å²) in [4.78, 5) is 23.9. The Morgan fingerprint density at radius 3 is 2.55 bits per heavy atom. The molecule has 0 atom stereocenters. The second-order valence-corrected chi connectivity index (χ2v) is 5.15. The number of hydrogen-bond acceptors (Lipinski definition) is 3. The number of nitrogens with zero attached hydrogens (tertiary/aromatic N) is 1. The van der Waals surface area contributed by atoms with Crippen LogP contribution in [-0.2, 0) is 7.05 Å². The Labute approximate surface area is 130 Å². The summed E-state index contributed by atoms with van der Waals surface area (Å²) in [6.07, 6.45) is 1.59. The minimum absolute atomic E-state index is 0.117. The molecule has 0 bridgehead atoms. The quantitative estimate of drug-likeness (QED) is 0.713. The van der Waals surface area contributed by atoms with Crippen LogP contribution in [0.1, 0.15) is 21.0 Å². The number of carbonyl (C=O) groups is 2. The summed E-state index contributed by atoms with van der Waals surface area (Å²) >= 11 is 5.81. The van der Waals surface area contributed by atoms with Crippen molar-refractivity contribution < 1.29 is 14.0 Å². The van der Waals surface area contributed by atoms with Crippen molar-refractivity contribution in [1.29, 1.82) is 0 Å².